The van der Waals surface area contributed by atoms with Crippen LogP contribution in [0, 0.1) is 0 Å². The van der Waals surface area contributed by atoms with E-state index in [2.05, 4.69) is 10.6 Å². The number of methoxy groups -OCH3 is 3. The van der Waals surface area contributed by atoms with Crippen LogP contribution in [0.5, 0.6) is 17.2 Å². The van der Waals surface area contributed by atoms with E-state index in [4.69, 9.17) is 14.2 Å². The van der Waals surface area contributed by atoms with Crippen LogP contribution < -0.4 is 24.8 Å². The van der Waals surface area contributed by atoms with E-state index in [9.17, 15) is 9.59 Å². The minimum atomic E-state index is -0.322. The van der Waals surface area contributed by atoms with Gasteiger partial charge in [-0.15, -0.1) is 0 Å². The molecule has 0 atom stereocenters. The van der Waals surface area contributed by atoms with Crippen LogP contribution in [0.2, 0.25) is 0 Å². The molecule has 27 heavy (non-hydrogen) atoms. The van der Waals surface area contributed by atoms with Crippen molar-refractivity contribution in [2.45, 2.75) is 19.8 Å². The van der Waals surface area contributed by atoms with E-state index >= 15 is 0 Å². The molecule has 2 N–H and O–H groups in total. The Morgan fingerprint density at radius 3 is 1.81 bits per heavy atom. The van der Waals surface area contributed by atoms with E-state index in [-0.39, 0.29) is 11.8 Å². The molecule has 0 bridgehead atoms. The van der Waals surface area contributed by atoms with Gasteiger partial charge in [0.05, 0.1) is 21.3 Å². The molecule has 144 valence electrons. The average Bonchev–Trinajstić information content (AvgIpc) is 2.68. The normalized spacial score (nSPS) is 10.1. The average molecular weight is 372 g/mol. The lowest BCUT2D eigenvalue weighted by atomic mass is 10.1. The minimum Gasteiger partial charge on any atom is -0.493 e. The molecule has 2 aromatic rings. The highest BCUT2D eigenvalue weighted by Gasteiger charge is 2.17. The number of rotatable bonds is 8. The van der Waals surface area contributed by atoms with Crippen LogP contribution in [0.1, 0.15) is 30.1 Å². The van der Waals surface area contributed by atoms with E-state index in [0.717, 1.165) is 6.42 Å². The zero-order valence-electron chi connectivity index (χ0n) is 15.9. The van der Waals surface area contributed by atoms with Crippen molar-refractivity contribution in [3.63, 3.8) is 0 Å². The Labute approximate surface area is 158 Å². The van der Waals surface area contributed by atoms with Gasteiger partial charge in [-0.25, -0.2) is 0 Å². The first-order valence-corrected chi connectivity index (χ1v) is 8.53. The van der Waals surface area contributed by atoms with E-state index < -0.39 is 0 Å². The lowest BCUT2D eigenvalue weighted by Crippen LogP contribution is -2.13. The molecule has 0 aliphatic carbocycles. The van der Waals surface area contributed by atoms with Crippen LogP contribution in [0.25, 0.3) is 0 Å². The Morgan fingerprint density at radius 2 is 1.37 bits per heavy atom. The molecule has 0 saturated heterocycles. The summed E-state index contributed by atoms with van der Waals surface area (Å²) in [6.07, 6.45) is 1.26. The maximum Gasteiger partial charge on any atom is 0.255 e. The van der Waals surface area contributed by atoms with Crippen LogP contribution in [0.3, 0.4) is 0 Å². The predicted molar refractivity (Wildman–Crippen MR) is 104 cm³/mol. The number of nitrogens with one attached hydrogen (secondary N) is 2. The molecular weight excluding hydrogens is 348 g/mol. The fraction of sp³-hybridized carbons (Fsp3) is 0.300. The summed E-state index contributed by atoms with van der Waals surface area (Å²) >= 11 is 0. The lowest BCUT2D eigenvalue weighted by Gasteiger charge is -2.14. The van der Waals surface area contributed by atoms with Crippen LogP contribution in [-0.2, 0) is 4.79 Å². The van der Waals surface area contributed by atoms with E-state index in [0.29, 0.717) is 40.6 Å². The van der Waals surface area contributed by atoms with E-state index in [1.165, 1.54) is 21.3 Å². The van der Waals surface area contributed by atoms with Crippen LogP contribution in [-0.4, -0.2) is 33.1 Å². The third-order valence-corrected chi connectivity index (χ3v) is 3.83. The highest BCUT2D eigenvalue weighted by Crippen LogP contribution is 2.38. The van der Waals surface area contributed by atoms with Gasteiger partial charge in [0, 0.05) is 23.4 Å². The van der Waals surface area contributed by atoms with Gasteiger partial charge in [0.1, 0.15) is 0 Å². The van der Waals surface area contributed by atoms with Gasteiger partial charge in [-0.1, -0.05) is 6.92 Å². The first kappa shape index (κ1) is 20.1. The van der Waals surface area contributed by atoms with Gasteiger partial charge in [0.15, 0.2) is 11.5 Å². The first-order valence-electron chi connectivity index (χ1n) is 8.53. The second-order valence-corrected chi connectivity index (χ2v) is 5.74. The van der Waals surface area contributed by atoms with E-state index in [1.54, 1.807) is 36.4 Å². The second-order valence-electron chi connectivity index (χ2n) is 5.74. The summed E-state index contributed by atoms with van der Waals surface area (Å²) in [6.45, 7) is 1.95. The summed E-state index contributed by atoms with van der Waals surface area (Å²) < 4.78 is 15.8. The number of benzene rings is 2. The van der Waals surface area contributed by atoms with Gasteiger partial charge in [0.2, 0.25) is 11.7 Å². The number of carbonyl (C=O) groups is 2. The number of amides is 2. The molecule has 0 spiro atoms. The fourth-order valence-corrected chi connectivity index (χ4v) is 2.50. The van der Waals surface area contributed by atoms with Gasteiger partial charge >= 0.3 is 0 Å². The monoisotopic (exact) mass is 372 g/mol. The number of carbonyl (C=O) groups excluding carboxylic acids is 2. The van der Waals surface area contributed by atoms with Crippen LogP contribution in [0.15, 0.2) is 36.4 Å². The van der Waals surface area contributed by atoms with Crippen LogP contribution in [0.4, 0.5) is 11.4 Å². The van der Waals surface area contributed by atoms with E-state index in [1.807, 2.05) is 6.92 Å². The summed E-state index contributed by atoms with van der Waals surface area (Å²) in [4.78, 5) is 24.2. The van der Waals surface area contributed by atoms with Crippen molar-refractivity contribution in [1.82, 2.24) is 0 Å². The molecule has 0 radical (unpaired) electrons. The number of hydrogen-bond acceptors (Lipinski definition) is 5. The molecule has 2 aromatic carbocycles. The zero-order chi connectivity index (χ0) is 19.8. The third-order valence-electron chi connectivity index (χ3n) is 3.83. The van der Waals surface area contributed by atoms with Gasteiger partial charge in [-0.05, 0) is 42.8 Å². The first-order chi connectivity index (χ1) is 13.0. The molecule has 0 heterocycles. The third kappa shape index (κ3) is 5.13. The molecule has 0 unspecified atom stereocenters. The Kier molecular flexibility index (Phi) is 7.05. The Balaban J connectivity index is 2.14. The number of hydrogen-bond donors (Lipinski definition) is 2. The molecule has 2 rings (SSSR count). The van der Waals surface area contributed by atoms with Crippen molar-refractivity contribution in [2.75, 3.05) is 32.0 Å². The molecule has 0 aliphatic heterocycles. The van der Waals surface area contributed by atoms with Gasteiger partial charge in [0.25, 0.3) is 5.91 Å². The molecule has 0 aromatic heterocycles. The molecular formula is C20H24N2O5. The predicted octanol–water partition coefficient (Wildman–Crippen LogP) is 3.70. The van der Waals surface area contributed by atoms with Gasteiger partial charge in [-0.2, -0.15) is 0 Å². The Morgan fingerprint density at radius 1 is 0.852 bits per heavy atom. The van der Waals surface area contributed by atoms with Gasteiger partial charge < -0.3 is 24.8 Å². The maximum absolute atomic E-state index is 12.6. The highest BCUT2D eigenvalue weighted by molar-refractivity contribution is 6.05. The summed E-state index contributed by atoms with van der Waals surface area (Å²) in [5.74, 6) is 0.861. The smallest absolute Gasteiger partial charge is 0.255 e. The van der Waals surface area contributed by atoms with Crippen molar-refractivity contribution in [1.29, 1.82) is 0 Å². The number of ether oxygens (including phenoxy) is 3. The molecule has 7 nitrogen and oxygen atoms in total. The topological polar surface area (TPSA) is 85.9 Å². The standard InChI is InChI=1S/C20H24N2O5/c1-5-6-18(23)21-14-7-9-15(10-8-14)22-20(24)13-11-16(25-2)19(27-4)17(12-13)26-3/h7-12H,5-6H2,1-4H3,(H,21,23)(H,22,24). The van der Waals surface area contributed by atoms with Crippen molar-refractivity contribution in [2.24, 2.45) is 0 Å². The summed E-state index contributed by atoms with van der Waals surface area (Å²) in [6, 6.07) is 10.1. The van der Waals surface area contributed by atoms with Gasteiger partial charge in [-0.3, -0.25) is 9.59 Å². The van der Waals surface area contributed by atoms with Crippen molar-refractivity contribution < 1.29 is 23.8 Å². The Hall–Kier alpha value is -3.22. The molecule has 2 amide bonds. The van der Waals surface area contributed by atoms with Crippen molar-refractivity contribution in [3.8, 4) is 17.2 Å². The minimum absolute atomic E-state index is 0.0355. The zero-order valence-corrected chi connectivity index (χ0v) is 15.9. The van der Waals surface area contributed by atoms with Crippen molar-refractivity contribution >= 4 is 23.2 Å². The SMILES string of the molecule is CCCC(=O)Nc1ccc(NC(=O)c2cc(OC)c(OC)c(OC)c2)cc1. The fourth-order valence-electron chi connectivity index (χ4n) is 2.50. The molecule has 0 aliphatic rings. The summed E-state index contributed by atoms with van der Waals surface area (Å²) in [5, 5.41) is 5.60. The second kappa shape index (κ2) is 9.47. The molecule has 0 saturated carbocycles. The maximum atomic E-state index is 12.6. The summed E-state index contributed by atoms with van der Waals surface area (Å²) in [7, 11) is 4.48. The summed E-state index contributed by atoms with van der Waals surface area (Å²) in [5.41, 5.74) is 1.64. The van der Waals surface area contributed by atoms with Crippen LogP contribution >= 0.6 is 0 Å². The Bertz CT molecular complexity index is 778. The van der Waals surface area contributed by atoms with Crippen molar-refractivity contribution in [3.05, 3.63) is 42.0 Å². The molecule has 7 heteroatoms. The molecule has 0 fully saturated rings. The number of anilines is 2. The quantitative estimate of drug-likeness (QED) is 0.738. The largest absolute Gasteiger partial charge is 0.493 e. The highest BCUT2D eigenvalue weighted by atomic mass is 16.5. The lowest BCUT2D eigenvalue weighted by molar-refractivity contribution is -0.116.